The highest BCUT2D eigenvalue weighted by Crippen LogP contribution is 2.07. The van der Waals surface area contributed by atoms with Crippen LogP contribution in [-0.2, 0) is 0 Å². The van der Waals surface area contributed by atoms with Gasteiger partial charge < -0.3 is 15.3 Å². The van der Waals surface area contributed by atoms with Crippen LogP contribution in [0.25, 0.3) is 0 Å². The molecule has 0 bridgehead atoms. The van der Waals surface area contributed by atoms with Crippen molar-refractivity contribution in [3.05, 3.63) is 17.8 Å². The predicted molar refractivity (Wildman–Crippen MR) is 65.2 cm³/mol. The molecule has 0 aliphatic rings. The van der Waals surface area contributed by atoms with Crippen molar-refractivity contribution < 1.29 is 18.7 Å². The van der Waals surface area contributed by atoms with Crippen molar-refractivity contribution in [2.24, 2.45) is 0 Å². The SMILES string of the molecule is CCNc1ccc(C(=O)N(CCO)CC(F)F)nn1. The van der Waals surface area contributed by atoms with Crippen molar-refractivity contribution in [2.45, 2.75) is 13.3 Å². The standard InChI is InChI=1S/C11H16F2N4O2/c1-2-14-10-4-3-8(15-16-10)11(19)17(5-6-18)7-9(12)13/h3-4,9,18H,2,5-7H2,1H3,(H,14,16). The van der Waals surface area contributed by atoms with E-state index >= 15 is 0 Å². The molecule has 0 aliphatic carbocycles. The second kappa shape index (κ2) is 7.57. The molecule has 0 saturated heterocycles. The van der Waals surface area contributed by atoms with Gasteiger partial charge in [0.2, 0.25) is 0 Å². The highest BCUT2D eigenvalue weighted by Gasteiger charge is 2.20. The summed E-state index contributed by atoms with van der Waals surface area (Å²) in [4.78, 5) is 12.7. The van der Waals surface area contributed by atoms with Gasteiger partial charge in [0, 0.05) is 13.1 Å². The Kier molecular flexibility index (Phi) is 6.07. The average molecular weight is 274 g/mol. The number of nitrogens with one attached hydrogen (secondary N) is 1. The monoisotopic (exact) mass is 274 g/mol. The van der Waals surface area contributed by atoms with E-state index in [2.05, 4.69) is 15.5 Å². The maximum Gasteiger partial charge on any atom is 0.274 e. The molecule has 19 heavy (non-hydrogen) atoms. The summed E-state index contributed by atoms with van der Waals surface area (Å²) in [6, 6.07) is 2.95. The molecule has 1 rings (SSSR count). The molecule has 1 amide bonds. The zero-order valence-corrected chi connectivity index (χ0v) is 10.5. The highest BCUT2D eigenvalue weighted by atomic mass is 19.3. The molecule has 0 atom stereocenters. The third kappa shape index (κ3) is 4.74. The summed E-state index contributed by atoms with van der Waals surface area (Å²) in [7, 11) is 0. The Hall–Kier alpha value is -1.83. The van der Waals surface area contributed by atoms with E-state index in [4.69, 9.17) is 5.11 Å². The molecule has 2 N–H and O–H groups in total. The minimum atomic E-state index is -2.66. The van der Waals surface area contributed by atoms with Gasteiger partial charge in [-0.25, -0.2) is 8.78 Å². The summed E-state index contributed by atoms with van der Waals surface area (Å²) < 4.78 is 24.7. The number of aromatic nitrogens is 2. The van der Waals surface area contributed by atoms with Crippen LogP contribution < -0.4 is 5.32 Å². The summed E-state index contributed by atoms with van der Waals surface area (Å²) in [5, 5.41) is 19.1. The van der Waals surface area contributed by atoms with Gasteiger partial charge in [-0.05, 0) is 19.1 Å². The van der Waals surface area contributed by atoms with E-state index in [1.54, 1.807) is 6.07 Å². The molecule has 0 radical (unpaired) electrons. The maximum atomic E-state index is 12.3. The smallest absolute Gasteiger partial charge is 0.274 e. The molecular weight excluding hydrogens is 258 g/mol. The first-order chi connectivity index (χ1) is 9.08. The van der Waals surface area contributed by atoms with E-state index in [0.29, 0.717) is 12.4 Å². The van der Waals surface area contributed by atoms with E-state index in [1.807, 2.05) is 6.92 Å². The lowest BCUT2D eigenvalue weighted by atomic mass is 10.3. The Balaban J connectivity index is 2.77. The molecule has 0 spiro atoms. The highest BCUT2D eigenvalue weighted by molar-refractivity contribution is 5.92. The Morgan fingerprint density at radius 3 is 2.68 bits per heavy atom. The predicted octanol–water partition coefficient (Wildman–Crippen LogP) is 0.608. The van der Waals surface area contributed by atoms with E-state index in [1.165, 1.54) is 6.07 Å². The molecule has 0 unspecified atom stereocenters. The first-order valence-corrected chi connectivity index (χ1v) is 5.84. The van der Waals surface area contributed by atoms with Gasteiger partial charge >= 0.3 is 0 Å². The van der Waals surface area contributed by atoms with Crippen molar-refractivity contribution in [2.75, 3.05) is 31.6 Å². The number of aliphatic hydroxyl groups excluding tert-OH is 1. The number of amides is 1. The van der Waals surface area contributed by atoms with Crippen LogP contribution in [0.1, 0.15) is 17.4 Å². The second-order valence-corrected chi connectivity index (χ2v) is 3.70. The number of hydrogen-bond acceptors (Lipinski definition) is 5. The van der Waals surface area contributed by atoms with Gasteiger partial charge in [-0.2, -0.15) is 0 Å². The van der Waals surface area contributed by atoms with Gasteiger partial charge in [0.25, 0.3) is 12.3 Å². The van der Waals surface area contributed by atoms with Crippen LogP contribution in [0.5, 0.6) is 0 Å². The van der Waals surface area contributed by atoms with Crippen molar-refractivity contribution >= 4 is 11.7 Å². The number of halogens is 2. The Morgan fingerprint density at radius 1 is 1.47 bits per heavy atom. The number of rotatable bonds is 7. The van der Waals surface area contributed by atoms with Crippen molar-refractivity contribution in [3.63, 3.8) is 0 Å². The lowest BCUT2D eigenvalue weighted by Gasteiger charge is -2.20. The summed E-state index contributed by atoms with van der Waals surface area (Å²) in [6.45, 7) is 1.24. The fourth-order valence-corrected chi connectivity index (χ4v) is 1.45. The first kappa shape index (κ1) is 15.2. The molecule has 6 nitrogen and oxygen atoms in total. The molecule has 0 fully saturated rings. The van der Waals surface area contributed by atoms with Crippen LogP contribution in [0.4, 0.5) is 14.6 Å². The normalized spacial score (nSPS) is 10.6. The lowest BCUT2D eigenvalue weighted by Crippen LogP contribution is -2.37. The van der Waals surface area contributed by atoms with Crippen LogP contribution in [0, 0.1) is 0 Å². The van der Waals surface area contributed by atoms with E-state index in [9.17, 15) is 13.6 Å². The molecule has 0 aliphatic heterocycles. The fraction of sp³-hybridized carbons (Fsp3) is 0.545. The summed E-state index contributed by atoms with van der Waals surface area (Å²) in [5.74, 6) is -0.175. The number of anilines is 1. The van der Waals surface area contributed by atoms with Gasteiger partial charge in [0.15, 0.2) is 5.69 Å². The number of hydrogen-bond donors (Lipinski definition) is 2. The quantitative estimate of drug-likeness (QED) is 0.761. The number of carbonyl (C=O) groups excluding carboxylic acids is 1. The molecule has 1 heterocycles. The Labute approximate surface area is 109 Å². The zero-order valence-electron chi connectivity index (χ0n) is 10.5. The molecule has 8 heteroatoms. The number of alkyl halides is 2. The van der Waals surface area contributed by atoms with Crippen LogP contribution in [0.3, 0.4) is 0 Å². The van der Waals surface area contributed by atoms with Crippen molar-refractivity contribution in [1.82, 2.24) is 15.1 Å². The Bertz CT molecular complexity index is 400. The number of carbonyl (C=O) groups is 1. The largest absolute Gasteiger partial charge is 0.395 e. The maximum absolute atomic E-state index is 12.3. The van der Waals surface area contributed by atoms with E-state index in [-0.39, 0.29) is 18.8 Å². The minimum absolute atomic E-state index is 0.0317. The molecule has 106 valence electrons. The van der Waals surface area contributed by atoms with E-state index < -0.39 is 18.9 Å². The minimum Gasteiger partial charge on any atom is -0.395 e. The molecule has 0 aromatic carbocycles. The van der Waals surface area contributed by atoms with Crippen molar-refractivity contribution in [3.8, 4) is 0 Å². The van der Waals surface area contributed by atoms with E-state index in [0.717, 1.165) is 4.90 Å². The summed E-state index contributed by atoms with van der Waals surface area (Å²) in [6.07, 6.45) is -2.66. The topological polar surface area (TPSA) is 78.4 Å². The molecular formula is C11H16F2N4O2. The molecule has 0 saturated carbocycles. The average Bonchev–Trinajstić information content (AvgIpc) is 2.38. The zero-order chi connectivity index (χ0) is 14.3. The van der Waals surface area contributed by atoms with Gasteiger partial charge in [-0.1, -0.05) is 0 Å². The lowest BCUT2D eigenvalue weighted by molar-refractivity contribution is 0.0503. The first-order valence-electron chi connectivity index (χ1n) is 5.84. The third-order valence-electron chi connectivity index (χ3n) is 2.26. The van der Waals surface area contributed by atoms with Crippen LogP contribution in [0.15, 0.2) is 12.1 Å². The van der Waals surface area contributed by atoms with Gasteiger partial charge in [0.1, 0.15) is 5.82 Å². The molecule has 1 aromatic rings. The number of aliphatic hydroxyl groups is 1. The van der Waals surface area contributed by atoms with Crippen molar-refractivity contribution in [1.29, 1.82) is 0 Å². The van der Waals surface area contributed by atoms with Gasteiger partial charge in [0.05, 0.1) is 13.2 Å². The van der Waals surface area contributed by atoms with Crippen LogP contribution >= 0.6 is 0 Å². The summed E-state index contributed by atoms with van der Waals surface area (Å²) in [5.41, 5.74) is -0.0317. The van der Waals surface area contributed by atoms with Gasteiger partial charge in [-0.15, -0.1) is 10.2 Å². The van der Waals surface area contributed by atoms with Crippen LogP contribution in [0.2, 0.25) is 0 Å². The summed E-state index contributed by atoms with van der Waals surface area (Å²) >= 11 is 0. The van der Waals surface area contributed by atoms with Gasteiger partial charge in [-0.3, -0.25) is 4.79 Å². The van der Waals surface area contributed by atoms with Crippen LogP contribution in [-0.4, -0.2) is 58.8 Å². The fourth-order valence-electron chi connectivity index (χ4n) is 1.45. The Morgan fingerprint density at radius 2 is 2.21 bits per heavy atom. The number of nitrogens with zero attached hydrogens (tertiary/aromatic N) is 3. The molecule has 1 aromatic heterocycles. The second-order valence-electron chi connectivity index (χ2n) is 3.70. The third-order valence-corrected chi connectivity index (χ3v) is 2.26.